The number of hydrogen-bond donors (Lipinski definition) is 0. The van der Waals surface area contributed by atoms with E-state index in [0.29, 0.717) is 0 Å². The third kappa shape index (κ3) is 1.10. The summed E-state index contributed by atoms with van der Waals surface area (Å²) in [6, 6.07) is 0. The number of hydrogen-bond acceptors (Lipinski definition) is 3. The van der Waals surface area contributed by atoms with Crippen LogP contribution in [0.2, 0.25) is 0 Å². The zero-order valence-electron chi connectivity index (χ0n) is 4.72. The van der Waals surface area contributed by atoms with Crippen molar-refractivity contribution in [1.29, 1.82) is 0 Å². The molecule has 10 heavy (non-hydrogen) atoms. The molecule has 1 heterocycles. The Balaban J connectivity index is 3.00. The Hall–Kier alpha value is -0.300. The van der Waals surface area contributed by atoms with E-state index in [1.54, 1.807) is 0 Å². The molecule has 0 saturated heterocycles. The molecule has 60 valence electrons. The van der Waals surface area contributed by atoms with Gasteiger partial charge in [0.15, 0.2) is 0 Å². The second kappa shape index (κ2) is 2.09. The van der Waals surface area contributed by atoms with Crippen LogP contribution in [0.4, 0.5) is 13.2 Å². The molecule has 0 amide bonds. The van der Waals surface area contributed by atoms with Crippen LogP contribution in [-0.4, -0.2) is 22.9 Å². The molecule has 0 aliphatic carbocycles. The van der Waals surface area contributed by atoms with Gasteiger partial charge in [-0.1, -0.05) is 0 Å². The van der Waals surface area contributed by atoms with Gasteiger partial charge in [-0.3, -0.25) is 4.18 Å². The van der Waals surface area contributed by atoms with Crippen molar-refractivity contribution in [2.24, 2.45) is 4.36 Å². The second-order valence-electron chi connectivity index (χ2n) is 1.60. The highest BCUT2D eigenvalue weighted by Gasteiger charge is 2.46. The van der Waals surface area contributed by atoms with Crippen molar-refractivity contribution >= 4 is 10.0 Å². The first-order valence-electron chi connectivity index (χ1n) is 2.39. The molecular formula is C3H4F3NO2S. The van der Waals surface area contributed by atoms with Gasteiger partial charge in [-0.05, 0) is 0 Å². The van der Waals surface area contributed by atoms with Gasteiger partial charge in [-0.15, -0.1) is 0 Å². The fourth-order valence-corrected chi connectivity index (χ4v) is 1.45. The van der Waals surface area contributed by atoms with Crippen molar-refractivity contribution in [3.05, 3.63) is 0 Å². The van der Waals surface area contributed by atoms with Crippen LogP contribution in [0.3, 0.4) is 0 Å². The average Bonchev–Trinajstić information content (AvgIpc) is 2.13. The molecule has 1 atom stereocenters. The predicted molar refractivity (Wildman–Crippen MR) is 27.4 cm³/mol. The van der Waals surface area contributed by atoms with Gasteiger partial charge in [0.1, 0.15) is 0 Å². The summed E-state index contributed by atoms with van der Waals surface area (Å²) in [7, 11) is -4.34. The molecular weight excluding hydrogens is 171 g/mol. The number of nitrogens with zero attached hydrogens (tertiary/aromatic N) is 1. The van der Waals surface area contributed by atoms with Crippen molar-refractivity contribution in [3.63, 3.8) is 0 Å². The molecule has 1 rings (SSSR count). The summed E-state index contributed by atoms with van der Waals surface area (Å²) >= 11 is 0. The quantitative estimate of drug-likeness (QED) is 0.549. The first-order valence-corrected chi connectivity index (χ1v) is 3.83. The topological polar surface area (TPSA) is 38.7 Å². The minimum Gasteiger partial charge on any atom is -0.276 e. The summed E-state index contributed by atoms with van der Waals surface area (Å²) in [6.45, 7) is -0.351. The molecule has 0 aromatic heterocycles. The van der Waals surface area contributed by atoms with Crippen LogP contribution < -0.4 is 0 Å². The van der Waals surface area contributed by atoms with Gasteiger partial charge in [0.25, 0.3) is 10.0 Å². The Morgan fingerprint density at radius 3 is 2.30 bits per heavy atom. The zero-order chi connectivity index (χ0) is 7.83. The van der Waals surface area contributed by atoms with E-state index in [4.69, 9.17) is 0 Å². The zero-order valence-corrected chi connectivity index (χ0v) is 5.54. The smallest absolute Gasteiger partial charge is 0.276 e. The van der Waals surface area contributed by atoms with Gasteiger partial charge in [0.05, 0.1) is 13.2 Å². The molecule has 0 N–H and O–H groups in total. The number of halogens is 3. The standard InChI is InChI=1S/C3H4F3NO2S/c4-3(5,6)10(8)7-1-2-9-10/h1-2H2. The average molecular weight is 175 g/mol. The van der Waals surface area contributed by atoms with E-state index in [9.17, 15) is 17.4 Å². The summed E-state index contributed by atoms with van der Waals surface area (Å²) in [5.74, 6) is 0. The van der Waals surface area contributed by atoms with Gasteiger partial charge in [-0.25, -0.2) is 8.57 Å². The molecule has 0 aromatic rings. The van der Waals surface area contributed by atoms with E-state index in [0.717, 1.165) is 0 Å². The molecule has 0 aromatic carbocycles. The van der Waals surface area contributed by atoms with E-state index in [2.05, 4.69) is 8.55 Å². The van der Waals surface area contributed by atoms with E-state index in [1.165, 1.54) is 0 Å². The normalized spacial score (nSPS) is 33.9. The Morgan fingerprint density at radius 1 is 1.50 bits per heavy atom. The monoisotopic (exact) mass is 175 g/mol. The molecule has 0 saturated carbocycles. The van der Waals surface area contributed by atoms with Crippen molar-refractivity contribution in [1.82, 2.24) is 0 Å². The highest BCUT2D eigenvalue weighted by molar-refractivity contribution is 7.90. The van der Waals surface area contributed by atoms with Crippen LogP contribution >= 0.6 is 0 Å². The number of alkyl halides is 3. The highest BCUT2D eigenvalue weighted by Crippen LogP contribution is 2.29. The van der Waals surface area contributed by atoms with Crippen LogP contribution in [0.15, 0.2) is 4.36 Å². The van der Waals surface area contributed by atoms with E-state index < -0.39 is 15.5 Å². The van der Waals surface area contributed by atoms with E-state index in [1.807, 2.05) is 0 Å². The van der Waals surface area contributed by atoms with Gasteiger partial charge in [0, 0.05) is 0 Å². The first-order chi connectivity index (χ1) is 4.46. The maximum Gasteiger partial charge on any atom is 0.503 e. The molecule has 3 nitrogen and oxygen atoms in total. The maximum atomic E-state index is 11.7. The summed E-state index contributed by atoms with van der Waals surface area (Å²) < 4.78 is 52.2. The molecule has 0 spiro atoms. The predicted octanol–water partition coefficient (Wildman–Crippen LogP) is 0.919. The molecule has 1 aliphatic heterocycles. The van der Waals surface area contributed by atoms with Crippen LogP contribution in [0.25, 0.3) is 0 Å². The van der Waals surface area contributed by atoms with Crippen molar-refractivity contribution in [2.75, 3.05) is 13.2 Å². The Kier molecular flexibility index (Phi) is 1.63. The minimum atomic E-state index is -4.84. The number of rotatable bonds is 0. The van der Waals surface area contributed by atoms with E-state index in [-0.39, 0.29) is 13.2 Å². The van der Waals surface area contributed by atoms with E-state index >= 15 is 0 Å². The largest absolute Gasteiger partial charge is 0.503 e. The molecule has 1 unspecified atom stereocenters. The van der Waals surface area contributed by atoms with Crippen LogP contribution in [0, 0.1) is 0 Å². The Labute approximate surface area is 55.6 Å². The molecule has 7 heteroatoms. The van der Waals surface area contributed by atoms with Crippen molar-refractivity contribution < 1.29 is 21.6 Å². The van der Waals surface area contributed by atoms with Gasteiger partial charge in [-0.2, -0.15) is 13.2 Å². The van der Waals surface area contributed by atoms with Gasteiger partial charge >= 0.3 is 5.51 Å². The van der Waals surface area contributed by atoms with Crippen LogP contribution in [-0.2, 0) is 14.2 Å². The lowest BCUT2D eigenvalue weighted by molar-refractivity contribution is -0.0481. The minimum absolute atomic E-state index is 0.141. The maximum absolute atomic E-state index is 11.7. The summed E-state index contributed by atoms with van der Waals surface area (Å²) in [4.78, 5) is 0. The molecule has 0 bridgehead atoms. The van der Waals surface area contributed by atoms with Crippen LogP contribution in [0.5, 0.6) is 0 Å². The lowest BCUT2D eigenvalue weighted by Gasteiger charge is -2.06. The SMILES string of the molecule is O=S1(C(F)(F)F)=NCCO1. The molecule has 0 radical (unpaired) electrons. The lowest BCUT2D eigenvalue weighted by atomic mass is 10.8. The fraction of sp³-hybridized carbons (Fsp3) is 1.00. The fourth-order valence-electron chi connectivity index (χ4n) is 0.485. The Morgan fingerprint density at radius 2 is 2.10 bits per heavy atom. The van der Waals surface area contributed by atoms with Crippen molar-refractivity contribution in [2.45, 2.75) is 5.51 Å². The van der Waals surface area contributed by atoms with Crippen LogP contribution in [0.1, 0.15) is 0 Å². The Bertz CT molecular complexity index is 239. The molecule has 0 fully saturated rings. The van der Waals surface area contributed by atoms with Gasteiger partial charge < -0.3 is 0 Å². The third-order valence-electron chi connectivity index (χ3n) is 0.888. The second-order valence-corrected chi connectivity index (χ2v) is 3.50. The third-order valence-corrected chi connectivity index (χ3v) is 2.48. The van der Waals surface area contributed by atoms with Gasteiger partial charge in [0.2, 0.25) is 0 Å². The lowest BCUT2D eigenvalue weighted by Crippen LogP contribution is -2.22. The summed E-state index contributed by atoms with van der Waals surface area (Å²) in [5, 5.41) is 0. The first kappa shape index (κ1) is 7.80. The summed E-state index contributed by atoms with van der Waals surface area (Å²) in [6.07, 6.45) is 0. The highest BCUT2D eigenvalue weighted by atomic mass is 32.2. The summed E-state index contributed by atoms with van der Waals surface area (Å²) in [5.41, 5.74) is -4.84. The van der Waals surface area contributed by atoms with Crippen molar-refractivity contribution in [3.8, 4) is 0 Å². The molecule has 1 aliphatic rings.